The van der Waals surface area contributed by atoms with Crippen molar-refractivity contribution in [2.75, 3.05) is 13.7 Å². The normalized spacial score (nSPS) is 17.6. The summed E-state index contributed by atoms with van der Waals surface area (Å²) < 4.78 is 11.1. The number of benzene rings is 1. The average Bonchev–Trinajstić information content (AvgIpc) is 3.27. The first kappa shape index (κ1) is 15.1. The number of methoxy groups -OCH3 is 1. The van der Waals surface area contributed by atoms with Crippen LogP contribution in [0.3, 0.4) is 0 Å². The molecule has 1 aliphatic carbocycles. The summed E-state index contributed by atoms with van der Waals surface area (Å²) in [5.74, 6) is 1.64. The second kappa shape index (κ2) is 6.46. The van der Waals surface area contributed by atoms with Crippen LogP contribution in [0.5, 0.6) is 11.5 Å². The predicted octanol–water partition coefficient (Wildman–Crippen LogP) is 2.49. The summed E-state index contributed by atoms with van der Waals surface area (Å²) >= 11 is 0. The lowest BCUT2D eigenvalue weighted by atomic mass is 10.1. The molecule has 0 bridgehead atoms. The second-order valence-corrected chi connectivity index (χ2v) is 5.77. The molecule has 0 amide bonds. The first-order chi connectivity index (χ1) is 9.54. The van der Waals surface area contributed by atoms with Crippen LogP contribution in [0.4, 0.5) is 0 Å². The number of ether oxygens (including phenoxy) is 2. The minimum absolute atomic E-state index is 0.298. The summed E-state index contributed by atoms with van der Waals surface area (Å²) in [6, 6.07) is 6.43. The van der Waals surface area contributed by atoms with Gasteiger partial charge in [0.05, 0.1) is 12.7 Å². The summed E-state index contributed by atoms with van der Waals surface area (Å²) in [4.78, 5) is 0. The molecular formula is C16H25NO3. The van der Waals surface area contributed by atoms with E-state index in [2.05, 4.69) is 5.32 Å². The maximum atomic E-state index is 10.0. The highest BCUT2D eigenvalue weighted by Gasteiger charge is 2.22. The third-order valence-corrected chi connectivity index (χ3v) is 3.73. The van der Waals surface area contributed by atoms with Crippen molar-refractivity contribution in [1.29, 1.82) is 0 Å². The van der Waals surface area contributed by atoms with Gasteiger partial charge in [-0.1, -0.05) is 6.92 Å². The SMILES string of the molecule is CCC(C)(O)COc1ccc(OC)cc1CNC1CC1. The number of rotatable bonds is 8. The van der Waals surface area contributed by atoms with Gasteiger partial charge in [0.1, 0.15) is 18.1 Å². The molecule has 20 heavy (non-hydrogen) atoms. The third-order valence-electron chi connectivity index (χ3n) is 3.73. The molecule has 4 heteroatoms. The maximum absolute atomic E-state index is 10.0. The molecule has 1 saturated carbocycles. The summed E-state index contributed by atoms with van der Waals surface area (Å²) in [6.45, 7) is 4.81. The standard InChI is InChI=1S/C16H25NO3/c1-4-16(2,18)11-20-15-8-7-14(19-3)9-12(15)10-17-13-5-6-13/h7-9,13,17-18H,4-6,10-11H2,1-3H3. The van der Waals surface area contributed by atoms with Crippen LogP contribution in [0.1, 0.15) is 38.7 Å². The highest BCUT2D eigenvalue weighted by atomic mass is 16.5. The molecule has 0 radical (unpaired) electrons. The molecule has 1 aliphatic rings. The molecule has 2 rings (SSSR count). The Kier molecular flexibility index (Phi) is 4.89. The number of nitrogens with one attached hydrogen (secondary N) is 1. The lowest BCUT2D eigenvalue weighted by Gasteiger charge is -2.22. The Morgan fingerprint density at radius 1 is 1.40 bits per heavy atom. The van der Waals surface area contributed by atoms with Crippen LogP contribution in [0.15, 0.2) is 18.2 Å². The summed E-state index contributed by atoms with van der Waals surface area (Å²) in [6.07, 6.45) is 3.17. The van der Waals surface area contributed by atoms with E-state index in [-0.39, 0.29) is 0 Å². The molecule has 0 spiro atoms. The van der Waals surface area contributed by atoms with Crippen molar-refractivity contribution >= 4 is 0 Å². The monoisotopic (exact) mass is 279 g/mol. The number of hydrogen-bond acceptors (Lipinski definition) is 4. The average molecular weight is 279 g/mol. The fraction of sp³-hybridized carbons (Fsp3) is 0.625. The van der Waals surface area contributed by atoms with E-state index >= 15 is 0 Å². The van der Waals surface area contributed by atoms with Crippen molar-refractivity contribution in [3.05, 3.63) is 23.8 Å². The molecule has 0 saturated heterocycles. The summed E-state index contributed by atoms with van der Waals surface area (Å²) in [5.41, 5.74) is 0.282. The Labute approximate surface area is 121 Å². The van der Waals surface area contributed by atoms with Crippen LogP contribution in [0.2, 0.25) is 0 Å². The predicted molar refractivity (Wildman–Crippen MR) is 79.3 cm³/mol. The van der Waals surface area contributed by atoms with Crippen molar-refractivity contribution in [2.45, 2.75) is 51.3 Å². The van der Waals surface area contributed by atoms with Crippen molar-refractivity contribution in [1.82, 2.24) is 5.32 Å². The van der Waals surface area contributed by atoms with Gasteiger partial charge in [0.15, 0.2) is 0 Å². The zero-order chi connectivity index (χ0) is 14.6. The zero-order valence-electron chi connectivity index (χ0n) is 12.6. The first-order valence-electron chi connectivity index (χ1n) is 7.29. The fourth-order valence-corrected chi connectivity index (χ4v) is 1.84. The van der Waals surface area contributed by atoms with E-state index in [1.54, 1.807) is 14.0 Å². The maximum Gasteiger partial charge on any atom is 0.124 e. The largest absolute Gasteiger partial charge is 0.497 e. The van der Waals surface area contributed by atoms with Gasteiger partial charge in [0, 0.05) is 18.2 Å². The third kappa shape index (κ3) is 4.39. The highest BCUT2D eigenvalue weighted by Crippen LogP contribution is 2.27. The summed E-state index contributed by atoms with van der Waals surface area (Å²) in [7, 11) is 1.66. The topological polar surface area (TPSA) is 50.7 Å². The molecule has 4 nitrogen and oxygen atoms in total. The molecule has 1 fully saturated rings. The van der Waals surface area contributed by atoms with Crippen LogP contribution in [-0.2, 0) is 6.54 Å². The van der Waals surface area contributed by atoms with Crippen molar-refractivity contribution in [3.63, 3.8) is 0 Å². The number of hydrogen-bond donors (Lipinski definition) is 2. The van der Waals surface area contributed by atoms with Crippen molar-refractivity contribution in [3.8, 4) is 11.5 Å². The second-order valence-electron chi connectivity index (χ2n) is 5.77. The molecule has 0 aliphatic heterocycles. The van der Waals surface area contributed by atoms with E-state index in [9.17, 15) is 5.11 Å². The molecular weight excluding hydrogens is 254 g/mol. The number of aliphatic hydroxyl groups is 1. The van der Waals surface area contributed by atoms with Crippen LogP contribution in [0, 0.1) is 0 Å². The van der Waals surface area contributed by atoms with E-state index in [0.717, 1.165) is 23.6 Å². The van der Waals surface area contributed by atoms with Gasteiger partial charge in [-0.25, -0.2) is 0 Å². The minimum atomic E-state index is -0.791. The van der Waals surface area contributed by atoms with Crippen LogP contribution in [-0.4, -0.2) is 30.5 Å². The zero-order valence-corrected chi connectivity index (χ0v) is 12.6. The molecule has 1 atom stereocenters. The highest BCUT2D eigenvalue weighted by molar-refractivity contribution is 5.40. The van der Waals surface area contributed by atoms with Gasteiger partial charge in [-0.2, -0.15) is 0 Å². The lowest BCUT2D eigenvalue weighted by Crippen LogP contribution is -2.31. The van der Waals surface area contributed by atoms with Gasteiger partial charge in [-0.05, 0) is 44.4 Å². The van der Waals surface area contributed by atoms with E-state index < -0.39 is 5.60 Å². The van der Waals surface area contributed by atoms with Crippen molar-refractivity contribution in [2.24, 2.45) is 0 Å². The Bertz CT molecular complexity index is 441. The van der Waals surface area contributed by atoms with Gasteiger partial charge in [-0.3, -0.25) is 0 Å². The summed E-state index contributed by atoms with van der Waals surface area (Å²) in [5, 5.41) is 13.5. The fourth-order valence-electron chi connectivity index (χ4n) is 1.84. The first-order valence-corrected chi connectivity index (χ1v) is 7.29. The van der Waals surface area contributed by atoms with Gasteiger partial charge in [0.25, 0.3) is 0 Å². The molecule has 1 unspecified atom stereocenters. The molecule has 0 aromatic heterocycles. The van der Waals surface area contributed by atoms with Crippen LogP contribution in [0.25, 0.3) is 0 Å². The smallest absolute Gasteiger partial charge is 0.124 e. The Balaban J connectivity index is 2.04. The Morgan fingerprint density at radius 3 is 2.75 bits per heavy atom. The quantitative estimate of drug-likeness (QED) is 0.767. The van der Waals surface area contributed by atoms with Crippen molar-refractivity contribution < 1.29 is 14.6 Å². The molecule has 112 valence electrons. The molecule has 1 aromatic carbocycles. The molecule has 1 aromatic rings. The Hall–Kier alpha value is -1.26. The van der Waals surface area contributed by atoms with Crippen LogP contribution < -0.4 is 14.8 Å². The lowest BCUT2D eigenvalue weighted by molar-refractivity contribution is 0.00814. The van der Waals surface area contributed by atoms with Gasteiger partial charge in [-0.15, -0.1) is 0 Å². The van der Waals surface area contributed by atoms with E-state index in [1.165, 1.54) is 12.8 Å². The van der Waals surface area contributed by atoms with Crippen LogP contribution >= 0.6 is 0 Å². The molecule has 2 N–H and O–H groups in total. The van der Waals surface area contributed by atoms with E-state index in [0.29, 0.717) is 19.1 Å². The minimum Gasteiger partial charge on any atom is -0.497 e. The molecule has 0 heterocycles. The van der Waals surface area contributed by atoms with Gasteiger partial charge in [0.2, 0.25) is 0 Å². The van der Waals surface area contributed by atoms with E-state index in [4.69, 9.17) is 9.47 Å². The van der Waals surface area contributed by atoms with Gasteiger partial charge >= 0.3 is 0 Å². The van der Waals surface area contributed by atoms with E-state index in [1.807, 2.05) is 25.1 Å². The van der Waals surface area contributed by atoms with Gasteiger partial charge < -0.3 is 19.9 Å². The Morgan fingerprint density at radius 2 is 2.15 bits per heavy atom.